The van der Waals surface area contributed by atoms with Crippen LogP contribution in [0.1, 0.15) is 36.8 Å². The summed E-state index contributed by atoms with van der Waals surface area (Å²) in [4.78, 5) is 13.9. The normalized spacial score (nSPS) is 22.7. The van der Waals surface area contributed by atoms with Crippen molar-refractivity contribution in [3.05, 3.63) is 35.4 Å². The Balaban J connectivity index is 1.89. The first-order valence-electron chi connectivity index (χ1n) is 6.78. The maximum absolute atomic E-state index is 11.7. The number of carboxylic acid groups (broad SMARTS) is 1. The summed E-state index contributed by atoms with van der Waals surface area (Å²) in [6.45, 7) is 1.67. The van der Waals surface area contributed by atoms with Crippen LogP contribution in [0.15, 0.2) is 24.3 Å². The summed E-state index contributed by atoms with van der Waals surface area (Å²) in [5, 5.41) is 9.62. The summed E-state index contributed by atoms with van der Waals surface area (Å²) < 4.78 is 0. The number of nitrogens with zero attached hydrogens (tertiary/aromatic N) is 1. The number of aliphatic carboxylic acids is 1. The molecular formula is C15H19NO2. The lowest BCUT2D eigenvalue weighted by Crippen LogP contribution is -2.54. The van der Waals surface area contributed by atoms with Crippen molar-refractivity contribution in [1.82, 2.24) is 4.90 Å². The summed E-state index contributed by atoms with van der Waals surface area (Å²) >= 11 is 0. The van der Waals surface area contributed by atoms with E-state index in [1.54, 1.807) is 0 Å². The van der Waals surface area contributed by atoms with Crippen LogP contribution in [-0.4, -0.2) is 28.1 Å². The molecule has 1 heterocycles. The van der Waals surface area contributed by atoms with Crippen LogP contribution in [0.5, 0.6) is 0 Å². The second kappa shape index (κ2) is 4.39. The number of fused-ring (bicyclic) bond motifs is 1. The van der Waals surface area contributed by atoms with Crippen LogP contribution in [-0.2, 0) is 17.8 Å². The molecule has 96 valence electrons. The van der Waals surface area contributed by atoms with E-state index in [0.29, 0.717) is 0 Å². The average Bonchev–Trinajstić information content (AvgIpc) is 2.89. The molecule has 1 aliphatic carbocycles. The molecule has 0 bridgehead atoms. The molecule has 0 amide bonds. The third kappa shape index (κ3) is 1.74. The second-order valence-corrected chi connectivity index (χ2v) is 5.48. The summed E-state index contributed by atoms with van der Waals surface area (Å²) in [7, 11) is 0. The van der Waals surface area contributed by atoms with Gasteiger partial charge in [0.05, 0.1) is 0 Å². The number of hydrogen-bond acceptors (Lipinski definition) is 2. The van der Waals surface area contributed by atoms with Crippen molar-refractivity contribution < 1.29 is 9.90 Å². The van der Waals surface area contributed by atoms with Crippen LogP contribution in [0.3, 0.4) is 0 Å². The smallest absolute Gasteiger partial charge is 0.324 e. The fourth-order valence-electron chi connectivity index (χ4n) is 3.49. The number of benzene rings is 1. The van der Waals surface area contributed by atoms with Gasteiger partial charge >= 0.3 is 5.97 Å². The molecule has 0 aromatic heterocycles. The predicted octanol–water partition coefficient (Wildman–Crippen LogP) is 2.44. The molecular weight excluding hydrogens is 226 g/mol. The lowest BCUT2D eigenvalue weighted by molar-refractivity contribution is -0.152. The van der Waals surface area contributed by atoms with Gasteiger partial charge in [0, 0.05) is 13.1 Å². The molecule has 1 N–H and O–H groups in total. The van der Waals surface area contributed by atoms with E-state index in [0.717, 1.165) is 45.2 Å². The van der Waals surface area contributed by atoms with Gasteiger partial charge in [-0.2, -0.15) is 0 Å². The van der Waals surface area contributed by atoms with E-state index >= 15 is 0 Å². The highest BCUT2D eigenvalue weighted by Crippen LogP contribution is 2.38. The third-order valence-electron chi connectivity index (χ3n) is 4.56. The van der Waals surface area contributed by atoms with Crippen LogP contribution >= 0.6 is 0 Å². The minimum Gasteiger partial charge on any atom is -0.480 e. The largest absolute Gasteiger partial charge is 0.480 e. The van der Waals surface area contributed by atoms with E-state index in [-0.39, 0.29) is 0 Å². The van der Waals surface area contributed by atoms with E-state index in [9.17, 15) is 9.90 Å². The molecule has 2 aliphatic rings. The maximum atomic E-state index is 11.7. The molecule has 3 nitrogen and oxygen atoms in total. The van der Waals surface area contributed by atoms with E-state index in [4.69, 9.17) is 0 Å². The molecule has 18 heavy (non-hydrogen) atoms. The van der Waals surface area contributed by atoms with Gasteiger partial charge in [0.15, 0.2) is 0 Å². The van der Waals surface area contributed by atoms with Crippen molar-refractivity contribution in [2.24, 2.45) is 0 Å². The van der Waals surface area contributed by atoms with Gasteiger partial charge in [-0.15, -0.1) is 0 Å². The minimum atomic E-state index is -0.626. The summed E-state index contributed by atoms with van der Waals surface area (Å²) in [5.74, 6) is -0.626. The Morgan fingerprint density at radius 1 is 1.17 bits per heavy atom. The lowest BCUT2D eigenvalue weighted by Gasteiger charge is -2.40. The molecule has 0 radical (unpaired) electrons. The Morgan fingerprint density at radius 2 is 1.83 bits per heavy atom. The molecule has 0 saturated heterocycles. The van der Waals surface area contributed by atoms with Gasteiger partial charge in [-0.1, -0.05) is 37.1 Å². The lowest BCUT2D eigenvalue weighted by atomic mass is 9.90. The molecule has 0 unspecified atom stereocenters. The Morgan fingerprint density at radius 3 is 2.50 bits per heavy atom. The van der Waals surface area contributed by atoms with Gasteiger partial charge < -0.3 is 5.11 Å². The molecule has 1 aliphatic heterocycles. The predicted molar refractivity (Wildman–Crippen MR) is 69.4 cm³/mol. The molecule has 1 fully saturated rings. The first-order chi connectivity index (χ1) is 8.72. The van der Waals surface area contributed by atoms with Crippen molar-refractivity contribution in [2.45, 2.75) is 44.2 Å². The Labute approximate surface area is 107 Å². The zero-order chi connectivity index (χ0) is 12.6. The van der Waals surface area contributed by atoms with Crippen LogP contribution < -0.4 is 0 Å². The number of carboxylic acids is 1. The first kappa shape index (κ1) is 11.7. The van der Waals surface area contributed by atoms with Crippen molar-refractivity contribution in [3.8, 4) is 0 Å². The number of rotatable bonds is 2. The molecule has 1 aromatic carbocycles. The van der Waals surface area contributed by atoms with Crippen molar-refractivity contribution in [3.63, 3.8) is 0 Å². The summed E-state index contributed by atoms with van der Waals surface area (Å²) in [6, 6.07) is 8.40. The van der Waals surface area contributed by atoms with Gasteiger partial charge in [0.1, 0.15) is 5.54 Å². The Hall–Kier alpha value is -1.35. The summed E-state index contributed by atoms with van der Waals surface area (Å²) in [6.07, 6.45) is 4.69. The topological polar surface area (TPSA) is 40.5 Å². The highest BCUT2D eigenvalue weighted by Gasteiger charge is 2.46. The van der Waals surface area contributed by atoms with Gasteiger partial charge in [-0.25, -0.2) is 0 Å². The SMILES string of the molecule is O=C(O)C1(N2CCc3ccccc3C2)CCCC1. The minimum absolute atomic E-state index is 0.590. The fourth-order valence-corrected chi connectivity index (χ4v) is 3.49. The van der Waals surface area contributed by atoms with E-state index in [1.165, 1.54) is 11.1 Å². The molecule has 0 atom stereocenters. The van der Waals surface area contributed by atoms with Crippen molar-refractivity contribution in [1.29, 1.82) is 0 Å². The van der Waals surface area contributed by atoms with Gasteiger partial charge in [-0.3, -0.25) is 9.69 Å². The van der Waals surface area contributed by atoms with Crippen LogP contribution in [0.4, 0.5) is 0 Å². The molecule has 1 saturated carbocycles. The van der Waals surface area contributed by atoms with E-state index in [2.05, 4.69) is 23.1 Å². The number of carbonyl (C=O) groups is 1. The molecule has 1 aromatic rings. The fraction of sp³-hybridized carbons (Fsp3) is 0.533. The zero-order valence-corrected chi connectivity index (χ0v) is 10.6. The molecule has 0 spiro atoms. The first-order valence-corrected chi connectivity index (χ1v) is 6.78. The van der Waals surface area contributed by atoms with E-state index in [1.807, 2.05) is 6.07 Å². The summed E-state index contributed by atoms with van der Waals surface area (Å²) in [5.41, 5.74) is 2.09. The molecule has 3 rings (SSSR count). The quantitative estimate of drug-likeness (QED) is 0.870. The van der Waals surface area contributed by atoms with Crippen LogP contribution in [0.25, 0.3) is 0 Å². The van der Waals surface area contributed by atoms with Crippen LogP contribution in [0, 0.1) is 0 Å². The molecule has 3 heteroatoms. The van der Waals surface area contributed by atoms with Crippen molar-refractivity contribution >= 4 is 5.97 Å². The third-order valence-corrected chi connectivity index (χ3v) is 4.56. The van der Waals surface area contributed by atoms with Crippen molar-refractivity contribution in [2.75, 3.05) is 6.54 Å². The highest BCUT2D eigenvalue weighted by molar-refractivity contribution is 5.79. The maximum Gasteiger partial charge on any atom is 0.324 e. The average molecular weight is 245 g/mol. The second-order valence-electron chi connectivity index (χ2n) is 5.48. The number of hydrogen-bond donors (Lipinski definition) is 1. The zero-order valence-electron chi connectivity index (χ0n) is 10.6. The monoisotopic (exact) mass is 245 g/mol. The standard InChI is InChI=1S/C15H19NO2/c17-14(18)15(8-3-4-9-15)16-10-7-12-5-1-2-6-13(12)11-16/h1-2,5-6H,3-4,7-11H2,(H,17,18). The van der Waals surface area contributed by atoms with Crippen LogP contribution in [0.2, 0.25) is 0 Å². The van der Waals surface area contributed by atoms with Gasteiger partial charge in [0.2, 0.25) is 0 Å². The van der Waals surface area contributed by atoms with Gasteiger partial charge in [-0.05, 0) is 30.4 Å². The van der Waals surface area contributed by atoms with Gasteiger partial charge in [0.25, 0.3) is 0 Å². The Kier molecular flexibility index (Phi) is 2.86. The highest BCUT2D eigenvalue weighted by atomic mass is 16.4. The van der Waals surface area contributed by atoms with E-state index < -0.39 is 11.5 Å². The Bertz CT molecular complexity index is 463.